The molecule has 2 unspecified atom stereocenters. The van der Waals surface area contributed by atoms with Crippen LogP contribution in [0.3, 0.4) is 0 Å². The summed E-state index contributed by atoms with van der Waals surface area (Å²) >= 11 is 0. The highest BCUT2D eigenvalue weighted by atomic mass is 31.2. The van der Waals surface area contributed by atoms with Gasteiger partial charge in [-0.25, -0.2) is 19.0 Å². The molecule has 3 heterocycles. The largest absolute Gasteiger partial charge is 0.432 e. The molecule has 8 N–H and O–H groups in total. The number of rotatable bonds is 7. The number of hydrogen-bond donors (Lipinski definition) is 7. The Morgan fingerprint density at radius 3 is 2.65 bits per heavy atom. The van der Waals surface area contributed by atoms with E-state index in [4.69, 9.17) is 10.5 Å². The molecule has 16 heteroatoms. The van der Waals surface area contributed by atoms with Crippen molar-refractivity contribution >= 4 is 13.7 Å². The number of aromatic nitrogens is 4. The minimum absolute atomic E-state index is 0.0958. The standard InChI is InChI=1S/C15H21N6O9P/c16-8(3-7-4-17-6-18-7)13(25)21(31(27,28)29)5-9-11(23)12(24)14(30-9)20-2-1-10(22)19-15(20)26/h1-2,4,6,8-9,11-12,14,23-24H,3,5,16H2,(H,17,18)(H,19,22,26)(H2,27,28,29)/t8-,9-,11?,12?,14-/m0/s1. The van der Waals surface area contributed by atoms with Gasteiger partial charge in [0.1, 0.15) is 18.3 Å². The van der Waals surface area contributed by atoms with Crippen LogP contribution in [0.25, 0.3) is 0 Å². The van der Waals surface area contributed by atoms with Crippen LogP contribution >= 0.6 is 7.75 Å². The third-order valence-corrected chi connectivity index (χ3v) is 5.69. The lowest BCUT2D eigenvalue weighted by Gasteiger charge is -2.29. The fraction of sp³-hybridized carbons (Fsp3) is 0.467. The molecular weight excluding hydrogens is 439 g/mol. The number of H-pyrrole nitrogens is 2. The van der Waals surface area contributed by atoms with Crippen LogP contribution in [-0.4, -0.2) is 81.0 Å². The van der Waals surface area contributed by atoms with Crippen molar-refractivity contribution in [1.82, 2.24) is 24.2 Å². The molecule has 0 radical (unpaired) electrons. The number of aromatic amines is 2. The average molecular weight is 460 g/mol. The Morgan fingerprint density at radius 1 is 1.35 bits per heavy atom. The van der Waals surface area contributed by atoms with Crippen molar-refractivity contribution in [2.24, 2.45) is 5.73 Å². The Morgan fingerprint density at radius 2 is 2.06 bits per heavy atom. The number of aliphatic hydroxyl groups is 2. The first-order valence-electron chi connectivity index (χ1n) is 8.92. The summed E-state index contributed by atoms with van der Waals surface area (Å²) in [5, 5.41) is 20.5. The molecule has 0 aliphatic carbocycles. The predicted octanol–water partition coefficient (Wildman–Crippen LogP) is -3.63. The molecule has 1 fully saturated rings. The van der Waals surface area contributed by atoms with Crippen LogP contribution in [0.4, 0.5) is 0 Å². The number of amides is 1. The van der Waals surface area contributed by atoms with Crippen molar-refractivity contribution in [3.8, 4) is 0 Å². The minimum atomic E-state index is -5.19. The van der Waals surface area contributed by atoms with Crippen molar-refractivity contribution in [1.29, 1.82) is 0 Å². The van der Waals surface area contributed by atoms with E-state index < -0.39 is 62.0 Å². The van der Waals surface area contributed by atoms with Crippen LogP contribution in [0.5, 0.6) is 0 Å². The molecule has 2 aromatic rings. The van der Waals surface area contributed by atoms with Crippen LogP contribution < -0.4 is 17.0 Å². The summed E-state index contributed by atoms with van der Waals surface area (Å²) < 4.78 is 18.3. The lowest BCUT2D eigenvalue weighted by atomic mass is 10.1. The number of imidazole rings is 1. The first-order chi connectivity index (χ1) is 14.5. The van der Waals surface area contributed by atoms with Gasteiger partial charge in [-0.2, -0.15) is 0 Å². The van der Waals surface area contributed by atoms with Crippen molar-refractivity contribution in [3.05, 3.63) is 51.3 Å². The maximum Gasteiger partial charge on any atom is 0.432 e. The molecule has 1 saturated heterocycles. The number of aliphatic hydroxyl groups excluding tert-OH is 2. The van der Waals surface area contributed by atoms with Gasteiger partial charge in [0.05, 0.1) is 18.9 Å². The van der Waals surface area contributed by atoms with Gasteiger partial charge in [-0.1, -0.05) is 0 Å². The number of carbonyl (C=O) groups is 1. The summed E-state index contributed by atoms with van der Waals surface area (Å²) in [6, 6.07) is -0.369. The summed E-state index contributed by atoms with van der Waals surface area (Å²) in [4.78, 5) is 63.5. The van der Waals surface area contributed by atoms with Gasteiger partial charge in [0.2, 0.25) is 5.91 Å². The molecule has 3 rings (SSSR count). The number of ether oxygens (including phenoxy) is 1. The summed E-state index contributed by atoms with van der Waals surface area (Å²) in [7, 11) is -5.19. The van der Waals surface area contributed by atoms with E-state index in [-0.39, 0.29) is 11.1 Å². The number of carbonyl (C=O) groups excluding carboxylic acids is 1. The van der Waals surface area contributed by atoms with Crippen LogP contribution in [0, 0.1) is 0 Å². The van der Waals surface area contributed by atoms with E-state index >= 15 is 0 Å². The highest BCUT2D eigenvalue weighted by Crippen LogP contribution is 2.42. The van der Waals surface area contributed by atoms with Crippen molar-refractivity contribution in [2.45, 2.75) is 37.0 Å². The third kappa shape index (κ3) is 4.99. The Bertz CT molecular complexity index is 1080. The second-order valence-electron chi connectivity index (χ2n) is 6.88. The normalized spacial score (nSPS) is 24.8. The molecule has 5 atom stereocenters. The van der Waals surface area contributed by atoms with Gasteiger partial charge >= 0.3 is 13.4 Å². The van der Waals surface area contributed by atoms with Gasteiger partial charge in [-0.3, -0.25) is 19.1 Å². The highest BCUT2D eigenvalue weighted by molar-refractivity contribution is 7.49. The molecular formula is C15H21N6O9P. The summed E-state index contributed by atoms with van der Waals surface area (Å²) in [6.07, 6.45) is -2.70. The quantitative estimate of drug-likeness (QED) is 0.199. The Kier molecular flexibility index (Phi) is 6.56. The zero-order valence-corrected chi connectivity index (χ0v) is 16.7. The summed E-state index contributed by atoms with van der Waals surface area (Å²) in [5.41, 5.74) is 4.60. The van der Waals surface area contributed by atoms with Gasteiger partial charge in [-0.15, -0.1) is 0 Å². The smallest absolute Gasteiger partial charge is 0.387 e. The number of nitrogens with two attached hydrogens (primary N) is 1. The van der Waals surface area contributed by atoms with Gasteiger partial charge in [0.25, 0.3) is 5.56 Å². The van der Waals surface area contributed by atoms with Crippen LogP contribution in [-0.2, 0) is 20.5 Å². The SMILES string of the molecule is N[C@@H](Cc1cnc[nH]1)C(=O)N(C[C@@H]1O[C@H](n2ccc(=O)[nH]c2=O)C(O)C1O)P(=O)(O)O. The zero-order valence-electron chi connectivity index (χ0n) is 15.8. The van der Waals surface area contributed by atoms with E-state index in [9.17, 15) is 38.9 Å². The fourth-order valence-electron chi connectivity index (χ4n) is 3.14. The second-order valence-corrected chi connectivity index (χ2v) is 8.39. The van der Waals surface area contributed by atoms with Crippen LogP contribution in [0.2, 0.25) is 0 Å². The first kappa shape index (κ1) is 23.0. The Hall–Kier alpha value is -2.65. The Labute approximate surface area is 173 Å². The molecule has 1 aliphatic rings. The van der Waals surface area contributed by atoms with Crippen LogP contribution in [0.1, 0.15) is 11.9 Å². The summed E-state index contributed by atoms with van der Waals surface area (Å²) in [6.45, 7) is -0.827. The predicted molar refractivity (Wildman–Crippen MR) is 101 cm³/mol. The van der Waals surface area contributed by atoms with Crippen molar-refractivity contribution in [3.63, 3.8) is 0 Å². The van der Waals surface area contributed by atoms with Crippen molar-refractivity contribution < 1.29 is 34.1 Å². The maximum absolute atomic E-state index is 12.6. The Balaban J connectivity index is 1.79. The van der Waals surface area contributed by atoms with Crippen molar-refractivity contribution in [2.75, 3.05) is 6.54 Å². The highest BCUT2D eigenvalue weighted by Gasteiger charge is 2.47. The molecule has 170 valence electrons. The molecule has 2 aromatic heterocycles. The number of hydrogen-bond acceptors (Lipinski definition) is 9. The average Bonchev–Trinajstić information content (AvgIpc) is 3.28. The van der Waals surface area contributed by atoms with E-state index in [1.807, 2.05) is 4.98 Å². The monoisotopic (exact) mass is 460 g/mol. The molecule has 31 heavy (non-hydrogen) atoms. The molecule has 1 amide bonds. The van der Waals surface area contributed by atoms with Gasteiger partial charge in [0, 0.05) is 30.6 Å². The number of nitrogens with zero attached hydrogens (tertiary/aromatic N) is 3. The third-order valence-electron chi connectivity index (χ3n) is 4.70. The van der Waals surface area contributed by atoms with E-state index in [0.717, 1.165) is 16.8 Å². The van der Waals surface area contributed by atoms with E-state index in [0.29, 0.717) is 5.69 Å². The molecule has 0 saturated carbocycles. The molecule has 0 spiro atoms. The van der Waals surface area contributed by atoms with E-state index in [1.54, 1.807) is 0 Å². The molecule has 15 nitrogen and oxygen atoms in total. The van der Waals surface area contributed by atoms with Gasteiger partial charge < -0.3 is 35.5 Å². The maximum atomic E-state index is 12.6. The fourth-order valence-corrected chi connectivity index (χ4v) is 3.92. The van der Waals surface area contributed by atoms with Gasteiger partial charge in [0.15, 0.2) is 6.23 Å². The van der Waals surface area contributed by atoms with Crippen LogP contribution in [0.15, 0.2) is 34.4 Å². The lowest BCUT2D eigenvalue weighted by Crippen LogP contribution is -2.48. The number of nitrogens with one attached hydrogen (secondary N) is 2. The second kappa shape index (κ2) is 8.84. The van der Waals surface area contributed by atoms with E-state index in [2.05, 4.69) is 9.97 Å². The lowest BCUT2D eigenvalue weighted by molar-refractivity contribution is -0.131. The molecule has 0 aromatic carbocycles. The van der Waals surface area contributed by atoms with E-state index in [1.165, 1.54) is 12.5 Å². The molecule has 0 bridgehead atoms. The van der Waals surface area contributed by atoms with Gasteiger partial charge in [-0.05, 0) is 0 Å². The first-order valence-corrected chi connectivity index (χ1v) is 10.5. The zero-order chi connectivity index (χ0) is 22.9. The minimum Gasteiger partial charge on any atom is -0.387 e. The topological polar surface area (TPSA) is 237 Å². The summed E-state index contributed by atoms with van der Waals surface area (Å²) in [5.74, 6) is -1.13. The molecule has 1 aliphatic heterocycles.